The van der Waals surface area contributed by atoms with Gasteiger partial charge in [0.2, 0.25) is 0 Å². The van der Waals surface area contributed by atoms with Gasteiger partial charge in [-0.15, -0.1) is 0 Å². The Labute approximate surface area is 124 Å². The molecule has 1 aromatic carbocycles. The number of hydrogen-bond acceptors (Lipinski definition) is 3. The van der Waals surface area contributed by atoms with Crippen molar-refractivity contribution in [3.63, 3.8) is 0 Å². The molecule has 0 spiro atoms. The summed E-state index contributed by atoms with van der Waals surface area (Å²) in [5, 5.41) is 0. The van der Waals surface area contributed by atoms with Gasteiger partial charge in [-0.2, -0.15) is 0 Å². The van der Waals surface area contributed by atoms with Gasteiger partial charge in [0.1, 0.15) is 11.6 Å². The predicted molar refractivity (Wildman–Crippen MR) is 78.5 cm³/mol. The summed E-state index contributed by atoms with van der Waals surface area (Å²) >= 11 is 0. The van der Waals surface area contributed by atoms with Gasteiger partial charge in [0, 0.05) is 18.1 Å². The molecule has 3 unspecified atom stereocenters. The molecular weight excluding hydrogens is 272 g/mol. The van der Waals surface area contributed by atoms with Crippen molar-refractivity contribution in [3.8, 4) is 0 Å². The highest BCUT2D eigenvalue weighted by atomic mass is 19.1. The van der Waals surface area contributed by atoms with Crippen LogP contribution in [0.25, 0.3) is 0 Å². The molecule has 2 saturated heterocycles. The van der Waals surface area contributed by atoms with Crippen molar-refractivity contribution in [2.75, 3.05) is 7.05 Å². The van der Waals surface area contributed by atoms with Gasteiger partial charge in [-0.3, -0.25) is 11.3 Å². The number of hydrogen-bond donors (Lipinski definition) is 2. The SMILES string of the molecule is CN1C2CCC1CC(C(Cc1cc(F)ccc1F)NN)C2. The molecule has 3 atom stereocenters. The van der Waals surface area contributed by atoms with Crippen LogP contribution in [0.4, 0.5) is 8.78 Å². The van der Waals surface area contributed by atoms with Crippen LogP contribution in [-0.2, 0) is 6.42 Å². The van der Waals surface area contributed by atoms with Crippen LogP contribution in [0.1, 0.15) is 31.2 Å². The molecular formula is C16H23F2N3. The minimum atomic E-state index is -0.398. The lowest BCUT2D eigenvalue weighted by Crippen LogP contribution is -2.49. The Kier molecular flexibility index (Phi) is 4.24. The molecule has 5 heteroatoms. The van der Waals surface area contributed by atoms with Crippen LogP contribution in [-0.4, -0.2) is 30.1 Å². The largest absolute Gasteiger partial charge is 0.300 e. The molecule has 1 aromatic rings. The van der Waals surface area contributed by atoms with Gasteiger partial charge in [0.05, 0.1) is 0 Å². The van der Waals surface area contributed by atoms with Crippen molar-refractivity contribution in [2.45, 2.75) is 50.2 Å². The average molecular weight is 295 g/mol. The number of nitrogens with zero attached hydrogens (tertiary/aromatic N) is 1. The fourth-order valence-electron chi connectivity index (χ4n) is 4.08. The van der Waals surface area contributed by atoms with E-state index >= 15 is 0 Å². The average Bonchev–Trinajstić information content (AvgIpc) is 2.69. The van der Waals surface area contributed by atoms with Gasteiger partial charge in [0.25, 0.3) is 0 Å². The maximum Gasteiger partial charge on any atom is 0.126 e. The van der Waals surface area contributed by atoms with Crippen molar-refractivity contribution < 1.29 is 8.78 Å². The van der Waals surface area contributed by atoms with Gasteiger partial charge >= 0.3 is 0 Å². The van der Waals surface area contributed by atoms with Gasteiger partial charge in [-0.25, -0.2) is 8.78 Å². The van der Waals surface area contributed by atoms with Gasteiger partial charge in [0.15, 0.2) is 0 Å². The zero-order valence-electron chi connectivity index (χ0n) is 12.4. The molecule has 2 heterocycles. The van der Waals surface area contributed by atoms with Gasteiger partial charge in [-0.05, 0) is 68.8 Å². The van der Waals surface area contributed by atoms with Crippen molar-refractivity contribution in [1.82, 2.24) is 10.3 Å². The van der Waals surface area contributed by atoms with E-state index < -0.39 is 5.82 Å². The van der Waals surface area contributed by atoms with E-state index in [2.05, 4.69) is 17.4 Å². The molecule has 2 bridgehead atoms. The molecule has 2 aliphatic heterocycles. The number of fused-ring (bicyclic) bond motifs is 2. The molecule has 21 heavy (non-hydrogen) atoms. The summed E-state index contributed by atoms with van der Waals surface area (Å²) in [6.45, 7) is 0. The molecule has 3 N–H and O–H groups in total. The standard InChI is InChI=1S/C16H23F2N3/c1-21-13-3-4-14(21)8-11(7-13)16(20-19)9-10-6-12(17)2-5-15(10)18/h2,5-6,11,13-14,16,20H,3-4,7-9,19H2,1H3. The molecule has 0 radical (unpaired) electrons. The lowest BCUT2D eigenvalue weighted by atomic mass is 9.83. The van der Waals surface area contributed by atoms with Gasteiger partial charge < -0.3 is 4.90 Å². The summed E-state index contributed by atoms with van der Waals surface area (Å²) in [6, 6.07) is 4.85. The summed E-state index contributed by atoms with van der Waals surface area (Å²) < 4.78 is 27.1. The third kappa shape index (κ3) is 2.96. The number of halogens is 2. The van der Waals surface area contributed by atoms with E-state index in [0.717, 1.165) is 18.9 Å². The van der Waals surface area contributed by atoms with Crippen LogP contribution >= 0.6 is 0 Å². The van der Waals surface area contributed by atoms with Crippen LogP contribution in [0.5, 0.6) is 0 Å². The topological polar surface area (TPSA) is 41.3 Å². The normalized spacial score (nSPS) is 30.6. The summed E-state index contributed by atoms with van der Waals surface area (Å²) in [7, 11) is 2.19. The van der Waals surface area contributed by atoms with Crippen LogP contribution in [0.3, 0.4) is 0 Å². The first-order valence-corrected chi connectivity index (χ1v) is 7.70. The molecule has 0 aromatic heterocycles. The smallest absolute Gasteiger partial charge is 0.126 e. The summed E-state index contributed by atoms with van der Waals surface area (Å²) in [5.41, 5.74) is 3.25. The second-order valence-electron chi connectivity index (χ2n) is 6.49. The van der Waals surface area contributed by atoms with E-state index in [1.807, 2.05) is 0 Å². The summed E-state index contributed by atoms with van der Waals surface area (Å²) in [6.07, 6.45) is 5.08. The number of benzene rings is 1. The lowest BCUT2D eigenvalue weighted by Gasteiger charge is -2.39. The molecule has 0 aliphatic carbocycles. The zero-order chi connectivity index (χ0) is 15.0. The van der Waals surface area contributed by atoms with Crippen molar-refractivity contribution in [1.29, 1.82) is 0 Å². The fourth-order valence-corrected chi connectivity index (χ4v) is 4.08. The summed E-state index contributed by atoms with van der Waals surface area (Å²) in [4.78, 5) is 2.47. The maximum absolute atomic E-state index is 13.8. The highest BCUT2D eigenvalue weighted by Crippen LogP contribution is 2.39. The first kappa shape index (κ1) is 14.9. The minimum Gasteiger partial charge on any atom is -0.300 e. The number of hydrazine groups is 1. The van der Waals surface area contributed by atoms with E-state index in [-0.39, 0.29) is 11.9 Å². The number of piperidine rings is 1. The zero-order valence-corrected chi connectivity index (χ0v) is 12.4. The Morgan fingerprint density at radius 3 is 2.57 bits per heavy atom. The van der Waals surface area contributed by atoms with Crippen molar-refractivity contribution in [2.24, 2.45) is 11.8 Å². The van der Waals surface area contributed by atoms with Crippen LogP contribution < -0.4 is 11.3 Å². The monoisotopic (exact) mass is 295 g/mol. The minimum absolute atomic E-state index is 0.00176. The number of nitrogens with one attached hydrogen (secondary N) is 1. The second-order valence-corrected chi connectivity index (χ2v) is 6.49. The number of rotatable bonds is 4. The molecule has 2 aliphatic rings. The Hall–Kier alpha value is -1.04. The Balaban J connectivity index is 1.72. The van der Waals surface area contributed by atoms with E-state index in [4.69, 9.17) is 5.84 Å². The maximum atomic E-state index is 13.8. The molecule has 3 rings (SSSR count). The third-order valence-corrected chi connectivity index (χ3v) is 5.37. The lowest BCUT2D eigenvalue weighted by molar-refractivity contribution is 0.112. The molecule has 116 valence electrons. The van der Waals surface area contributed by atoms with E-state index in [0.29, 0.717) is 30.0 Å². The Morgan fingerprint density at radius 2 is 1.95 bits per heavy atom. The van der Waals surface area contributed by atoms with E-state index in [9.17, 15) is 8.78 Å². The first-order valence-electron chi connectivity index (χ1n) is 7.70. The predicted octanol–water partition coefficient (Wildman–Crippen LogP) is 2.21. The third-order valence-electron chi connectivity index (χ3n) is 5.37. The molecule has 0 amide bonds. The van der Waals surface area contributed by atoms with Crippen LogP contribution in [0.15, 0.2) is 18.2 Å². The van der Waals surface area contributed by atoms with Gasteiger partial charge in [-0.1, -0.05) is 0 Å². The Morgan fingerprint density at radius 1 is 1.29 bits per heavy atom. The highest BCUT2D eigenvalue weighted by Gasteiger charge is 2.40. The fraction of sp³-hybridized carbons (Fsp3) is 0.625. The molecule has 2 fully saturated rings. The molecule has 0 saturated carbocycles. The van der Waals surface area contributed by atoms with E-state index in [1.54, 1.807) is 0 Å². The van der Waals surface area contributed by atoms with Crippen LogP contribution in [0, 0.1) is 17.6 Å². The van der Waals surface area contributed by atoms with Crippen LogP contribution in [0.2, 0.25) is 0 Å². The number of nitrogens with two attached hydrogens (primary N) is 1. The quantitative estimate of drug-likeness (QED) is 0.661. The van der Waals surface area contributed by atoms with Crippen molar-refractivity contribution in [3.05, 3.63) is 35.4 Å². The molecule has 3 nitrogen and oxygen atoms in total. The van der Waals surface area contributed by atoms with E-state index in [1.165, 1.54) is 25.0 Å². The van der Waals surface area contributed by atoms with Crippen molar-refractivity contribution >= 4 is 0 Å². The first-order chi connectivity index (χ1) is 10.1. The Bertz CT molecular complexity index is 494. The highest BCUT2D eigenvalue weighted by molar-refractivity contribution is 5.20. The summed E-state index contributed by atoms with van der Waals surface area (Å²) in [5.74, 6) is 5.38. The second kappa shape index (κ2) is 5.99.